The van der Waals surface area contributed by atoms with Gasteiger partial charge in [0.25, 0.3) is 0 Å². The van der Waals surface area contributed by atoms with E-state index in [9.17, 15) is 9.18 Å². The number of benzene rings is 1. The van der Waals surface area contributed by atoms with Crippen LogP contribution in [0.15, 0.2) is 24.3 Å². The lowest BCUT2D eigenvalue weighted by Crippen LogP contribution is -2.41. The second kappa shape index (κ2) is 7.76. The van der Waals surface area contributed by atoms with Crippen molar-refractivity contribution in [2.45, 2.75) is 45.2 Å². The fourth-order valence-corrected chi connectivity index (χ4v) is 4.17. The van der Waals surface area contributed by atoms with Gasteiger partial charge in [-0.1, -0.05) is 25.1 Å². The smallest absolute Gasteiger partial charge is 0.225 e. The number of carbonyl (C=O) groups is 1. The highest BCUT2D eigenvalue weighted by molar-refractivity contribution is 5.79. The predicted octanol–water partition coefficient (Wildman–Crippen LogP) is 2.11. The molecule has 2 aliphatic rings. The molecule has 0 spiro atoms. The number of likely N-dealkylation sites (tertiary alicyclic amines) is 1. The second-order valence-electron chi connectivity index (χ2n) is 7.60. The molecule has 0 bridgehead atoms. The van der Waals surface area contributed by atoms with Crippen LogP contribution < -0.4 is 5.32 Å². The van der Waals surface area contributed by atoms with E-state index in [0.29, 0.717) is 17.9 Å². The lowest BCUT2D eigenvalue weighted by atomic mass is 9.93. The Labute approximate surface area is 158 Å². The summed E-state index contributed by atoms with van der Waals surface area (Å²) in [5.41, 5.74) is 0.608. The zero-order valence-corrected chi connectivity index (χ0v) is 15.7. The quantitative estimate of drug-likeness (QED) is 0.894. The van der Waals surface area contributed by atoms with E-state index in [1.54, 1.807) is 12.1 Å². The zero-order valence-electron chi connectivity index (χ0n) is 15.7. The predicted molar refractivity (Wildman–Crippen MR) is 99.6 cm³/mol. The first-order valence-electron chi connectivity index (χ1n) is 9.78. The van der Waals surface area contributed by atoms with Crippen molar-refractivity contribution in [3.05, 3.63) is 47.3 Å². The van der Waals surface area contributed by atoms with Crippen LogP contribution in [0.5, 0.6) is 0 Å². The molecule has 1 atom stereocenters. The summed E-state index contributed by atoms with van der Waals surface area (Å²) in [5, 5.41) is 12.0. The van der Waals surface area contributed by atoms with Crippen molar-refractivity contribution in [1.82, 2.24) is 25.0 Å². The lowest BCUT2D eigenvalue weighted by molar-refractivity contribution is -0.136. The van der Waals surface area contributed by atoms with Crippen molar-refractivity contribution in [1.29, 1.82) is 0 Å². The van der Waals surface area contributed by atoms with Gasteiger partial charge in [-0.15, -0.1) is 10.2 Å². The van der Waals surface area contributed by atoms with Gasteiger partial charge in [0.05, 0.1) is 6.54 Å². The molecule has 1 amide bonds. The molecule has 2 aliphatic heterocycles. The summed E-state index contributed by atoms with van der Waals surface area (Å²) in [6.07, 6.45) is 2.25. The SMILES string of the molecule is CC(Cc1ccccc1F)C(=O)N1CCC(c2nnc3n2CCNC3)CC1. The summed E-state index contributed by atoms with van der Waals surface area (Å²) >= 11 is 0. The number of hydrogen-bond donors (Lipinski definition) is 1. The van der Waals surface area contributed by atoms with E-state index in [-0.39, 0.29) is 17.6 Å². The first-order chi connectivity index (χ1) is 13.1. The third-order valence-corrected chi connectivity index (χ3v) is 5.73. The van der Waals surface area contributed by atoms with Crippen molar-refractivity contribution in [3.8, 4) is 0 Å². The van der Waals surface area contributed by atoms with Crippen LogP contribution in [0.4, 0.5) is 4.39 Å². The van der Waals surface area contributed by atoms with Crippen molar-refractivity contribution in [2.24, 2.45) is 5.92 Å². The Morgan fingerprint density at radius 1 is 1.26 bits per heavy atom. The van der Waals surface area contributed by atoms with Crippen LogP contribution in [0.25, 0.3) is 0 Å². The number of fused-ring (bicyclic) bond motifs is 1. The third kappa shape index (κ3) is 3.74. The maximum atomic E-state index is 13.9. The molecule has 0 radical (unpaired) electrons. The molecule has 1 saturated heterocycles. The lowest BCUT2D eigenvalue weighted by Gasteiger charge is -2.33. The Hall–Kier alpha value is -2.28. The minimum absolute atomic E-state index is 0.115. The van der Waals surface area contributed by atoms with E-state index in [4.69, 9.17) is 0 Å². The molecule has 3 heterocycles. The Balaban J connectivity index is 1.35. The van der Waals surface area contributed by atoms with Gasteiger partial charge in [-0.2, -0.15) is 0 Å². The number of hydrogen-bond acceptors (Lipinski definition) is 4. The molecule has 6 nitrogen and oxygen atoms in total. The van der Waals surface area contributed by atoms with Gasteiger partial charge in [0.1, 0.15) is 17.5 Å². The Morgan fingerprint density at radius 2 is 2.04 bits per heavy atom. The van der Waals surface area contributed by atoms with E-state index in [0.717, 1.165) is 57.2 Å². The highest BCUT2D eigenvalue weighted by Gasteiger charge is 2.30. The zero-order chi connectivity index (χ0) is 18.8. The molecule has 1 aromatic heterocycles. The molecule has 144 valence electrons. The minimum atomic E-state index is -0.234. The fraction of sp³-hybridized carbons (Fsp3) is 0.550. The summed E-state index contributed by atoms with van der Waals surface area (Å²) in [6, 6.07) is 6.70. The van der Waals surface area contributed by atoms with Gasteiger partial charge < -0.3 is 14.8 Å². The average molecular weight is 371 g/mol. The van der Waals surface area contributed by atoms with Crippen LogP contribution in [0.1, 0.15) is 42.9 Å². The molecule has 1 N–H and O–H groups in total. The number of nitrogens with zero attached hydrogens (tertiary/aromatic N) is 4. The minimum Gasteiger partial charge on any atom is -0.342 e. The molecule has 1 aromatic carbocycles. The number of aromatic nitrogens is 3. The number of amides is 1. The average Bonchev–Trinajstić information content (AvgIpc) is 3.13. The van der Waals surface area contributed by atoms with Gasteiger partial charge >= 0.3 is 0 Å². The summed E-state index contributed by atoms with van der Waals surface area (Å²) in [6.45, 7) is 5.98. The number of piperidine rings is 1. The van der Waals surface area contributed by atoms with Crippen molar-refractivity contribution in [3.63, 3.8) is 0 Å². The highest BCUT2D eigenvalue weighted by atomic mass is 19.1. The van der Waals surface area contributed by atoms with Crippen molar-refractivity contribution in [2.75, 3.05) is 19.6 Å². The second-order valence-corrected chi connectivity index (χ2v) is 7.60. The van der Waals surface area contributed by atoms with Crippen molar-refractivity contribution >= 4 is 5.91 Å². The molecule has 4 rings (SSSR count). The molecule has 7 heteroatoms. The van der Waals surface area contributed by atoms with Gasteiger partial charge in [-0.05, 0) is 30.9 Å². The number of halogens is 1. The fourth-order valence-electron chi connectivity index (χ4n) is 4.17. The van der Waals surface area contributed by atoms with Crippen LogP contribution in [0.2, 0.25) is 0 Å². The van der Waals surface area contributed by atoms with Crippen LogP contribution in [0, 0.1) is 11.7 Å². The largest absolute Gasteiger partial charge is 0.342 e. The molecule has 0 saturated carbocycles. The maximum absolute atomic E-state index is 13.9. The highest BCUT2D eigenvalue weighted by Crippen LogP contribution is 2.29. The molecule has 1 unspecified atom stereocenters. The van der Waals surface area contributed by atoms with Gasteiger partial charge in [-0.25, -0.2) is 4.39 Å². The standard InChI is InChI=1S/C20H26FN5O/c1-14(12-16-4-2-3-5-17(16)21)20(27)25-9-6-15(7-10-25)19-24-23-18-13-22-8-11-26(18)19/h2-5,14-15,22H,6-13H2,1H3. The Bertz CT molecular complexity index is 812. The van der Waals surface area contributed by atoms with Crippen LogP contribution in [-0.2, 0) is 24.3 Å². The van der Waals surface area contributed by atoms with Gasteiger partial charge in [0.2, 0.25) is 5.91 Å². The monoisotopic (exact) mass is 371 g/mol. The van der Waals surface area contributed by atoms with Crippen LogP contribution in [0.3, 0.4) is 0 Å². The first kappa shape index (κ1) is 18.1. The van der Waals surface area contributed by atoms with E-state index >= 15 is 0 Å². The summed E-state index contributed by atoms with van der Waals surface area (Å²) in [4.78, 5) is 14.7. The number of carbonyl (C=O) groups excluding carboxylic acids is 1. The number of rotatable bonds is 4. The molecular weight excluding hydrogens is 345 g/mol. The Morgan fingerprint density at radius 3 is 2.81 bits per heavy atom. The van der Waals surface area contributed by atoms with E-state index < -0.39 is 0 Å². The van der Waals surface area contributed by atoms with Gasteiger partial charge in [-0.3, -0.25) is 4.79 Å². The normalized spacial score (nSPS) is 19.0. The van der Waals surface area contributed by atoms with E-state index in [1.165, 1.54) is 6.07 Å². The summed E-state index contributed by atoms with van der Waals surface area (Å²) in [5.74, 6) is 2.10. The van der Waals surface area contributed by atoms with Crippen LogP contribution in [-0.4, -0.2) is 45.2 Å². The third-order valence-electron chi connectivity index (χ3n) is 5.73. The topological polar surface area (TPSA) is 63.1 Å². The molecule has 1 fully saturated rings. The molecule has 0 aliphatic carbocycles. The van der Waals surface area contributed by atoms with Gasteiger partial charge in [0.15, 0.2) is 0 Å². The van der Waals surface area contributed by atoms with E-state index in [1.807, 2.05) is 17.9 Å². The maximum Gasteiger partial charge on any atom is 0.225 e. The summed E-state index contributed by atoms with van der Waals surface area (Å²) in [7, 11) is 0. The van der Waals surface area contributed by atoms with Crippen molar-refractivity contribution < 1.29 is 9.18 Å². The van der Waals surface area contributed by atoms with Gasteiger partial charge in [0, 0.05) is 38.0 Å². The molecule has 2 aromatic rings. The summed E-state index contributed by atoms with van der Waals surface area (Å²) < 4.78 is 16.1. The molecule has 27 heavy (non-hydrogen) atoms. The first-order valence-corrected chi connectivity index (χ1v) is 9.78. The van der Waals surface area contributed by atoms with Crippen LogP contribution >= 0.6 is 0 Å². The Kier molecular flexibility index (Phi) is 5.20. The number of nitrogens with one attached hydrogen (secondary N) is 1. The molecular formula is C20H26FN5O. The van der Waals surface area contributed by atoms with E-state index in [2.05, 4.69) is 20.1 Å².